The van der Waals surface area contributed by atoms with Crippen LogP contribution in [-0.2, 0) is 0 Å². The second kappa shape index (κ2) is 10.4. The van der Waals surface area contributed by atoms with Crippen LogP contribution in [0.3, 0.4) is 0 Å². The van der Waals surface area contributed by atoms with E-state index in [1.165, 1.54) is 18.4 Å². The van der Waals surface area contributed by atoms with E-state index in [4.69, 9.17) is 14.5 Å². The van der Waals surface area contributed by atoms with Crippen LogP contribution in [0.25, 0.3) is 0 Å². The third-order valence-corrected chi connectivity index (χ3v) is 5.25. The zero-order valence-corrected chi connectivity index (χ0v) is 17.8. The molecule has 0 spiro atoms. The van der Waals surface area contributed by atoms with Crippen molar-refractivity contribution in [3.63, 3.8) is 0 Å². The largest absolute Gasteiger partial charge is 0.493 e. The van der Waals surface area contributed by atoms with Crippen molar-refractivity contribution in [2.75, 3.05) is 54.5 Å². The number of ether oxygens (including phenoxy) is 2. The highest BCUT2D eigenvalue weighted by atomic mass is 16.5. The molecule has 1 atom stereocenters. The first-order valence-electron chi connectivity index (χ1n) is 9.91. The first-order valence-corrected chi connectivity index (χ1v) is 9.91. The molecule has 0 saturated carbocycles. The van der Waals surface area contributed by atoms with Gasteiger partial charge in [-0.15, -0.1) is 0 Å². The molecule has 1 aromatic carbocycles. The van der Waals surface area contributed by atoms with E-state index in [2.05, 4.69) is 55.2 Å². The number of hydrogen-bond donors (Lipinski definition) is 1. The van der Waals surface area contributed by atoms with E-state index >= 15 is 0 Å². The van der Waals surface area contributed by atoms with Gasteiger partial charge in [-0.2, -0.15) is 0 Å². The first kappa shape index (κ1) is 21.4. The molecule has 152 valence electrons. The maximum Gasteiger partial charge on any atom is 0.193 e. The molecule has 1 N–H and O–H groups in total. The van der Waals surface area contributed by atoms with Crippen molar-refractivity contribution < 1.29 is 9.47 Å². The van der Waals surface area contributed by atoms with Crippen LogP contribution in [0, 0.1) is 5.92 Å². The van der Waals surface area contributed by atoms with E-state index < -0.39 is 0 Å². The Hall–Kier alpha value is -1.95. The smallest absolute Gasteiger partial charge is 0.193 e. The number of likely N-dealkylation sites (N-methyl/N-ethyl adjacent to an activating group) is 1. The van der Waals surface area contributed by atoms with Gasteiger partial charge in [0.05, 0.1) is 26.8 Å². The van der Waals surface area contributed by atoms with Gasteiger partial charge >= 0.3 is 0 Å². The van der Waals surface area contributed by atoms with Gasteiger partial charge in [-0.25, -0.2) is 0 Å². The van der Waals surface area contributed by atoms with Crippen molar-refractivity contribution in [3.05, 3.63) is 23.8 Å². The number of methoxy groups -OCH3 is 2. The van der Waals surface area contributed by atoms with Crippen LogP contribution < -0.4 is 14.8 Å². The zero-order chi connectivity index (χ0) is 19.8. The summed E-state index contributed by atoms with van der Waals surface area (Å²) in [6.07, 6.45) is 2.47. The third-order valence-electron chi connectivity index (χ3n) is 5.25. The van der Waals surface area contributed by atoms with Gasteiger partial charge in [0, 0.05) is 19.6 Å². The number of hydrogen-bond acceptors (Lipinski definition) is 4. The molecule has 1 heterocycles. The van der Waals surface area contributed by atoms with Crippen LogP contribution in [0.15, 0.2) is 23.2 Å². The zero-order valence-electron chi connectivity index (χ0n) is 17.8. The van der Waals surface area contributed by atoms with E-state index in [0.717, 1.165) is 43.0 Å². The quantitative estimate of drug-likeness (QED) is 0.586. The second-order valence-electron chi connectivity index (χ2n) is 7.46. The van der Waals surface area contributed by atoms with Gasteiger partial charge in [-0.05, 0) is 57.5 Å². The molecule has 1 aromatic rings. The Morgan fingerprint density at radius 3 is 2.44 bits per heavy atom. The van der Waals surface area contributed by atoms with Crippen LogP contribution in [0.1, 0.15) is 38.3 Å². The SMILES string of the molecule is CCNC(=NCC(c1ccc(OC)c(OC)c1)N(C)C)N1CCC(C)CC1. The minimum absolute atomic E-state index is 0.169. The number of guanidine groups is 1. The predicted molar refractivity (Wildman–Crippen MR) is 112 cm³/mol. The van der Waals surface area contributed by atoms with Crippen molar-refractivity contribution in [1.82, 2.24) is 15.1 Å². The molecule has 27 heavy (non-hydrogen) atoms. The number of nitrogens with zero attached hydrogens (tertiary/aromatic N) is 3. The highest BCUT2D eigenvalue weighted by Crippen LogP contribution is 2.31. The number of likely N-dealkylation sites (tertiary alicyclic amines) is 1. The number of aliphatic imine (C=N–C) groups is 1. The lowest BCUT2D eigenvalue weighted by Crippen LogP contribution is -2.45. The van der Waals surface area contributed by atoms with E-state index in [1.807, 2.05) is 6.07 Å². The van der Waals surface area contributed by atoms with Gasteiger partial charge in [-0.1, -0.05) is 13.0 Å². The minimum atomic E-state index is 0.169. The molecular formula is C21H36N4O2. The lowest BCUT2D eigenvalue weighted by molar-refractivity contribution is 0.270. The fourth-order valence-corrected chi connectivity index (χ4v) is 3.45. The minimum Gasteiger partial charge on any atom is -0.493 e. The molecule has 0 radical (unpaired) electrons. The van der Waals surface area contributed by atoms with Gasteiger partial charge < -0.3 is 24.6 Å². The Morgan fingerprint density at radius 2 is 1.89 bits per heavy atom. The van der Waals surface area contributed by atoms with E-state index in [1.54, 1.807) is 14.2 Å². The molecule has 1 saturated heterocycles. The number of rotatable bonds is 7. The van der Waals surface area contributed by atoms with Crippen molar-refractivity contribution in [2.24, 2.45) is 10.9 Å². The Labute approximate surface area is 164 Å². The van der Waals surface area contributed by atoms with E-state index in [9.17, 15) is 0 Å². The summed E-state index contributed by atoms with van der Waals surface area (Å²) in [5.74, 6) is 3.34. The maximum absolute atomic E-state index is 5.48. The Bertz CT molecular complexity index is 610. The molecule has 2 rings (SSSR count). The Morgan fingerprint density at radius 1 is 1.22 bits per heavy atom. The van der Waals surface area contributed by atoms with E-state index in [-0.39, 0.29) is 6.04 Å². The van der Waals surface area contributed by atoms with E-state index in [0.29, 0.717) is 6.54 Å². The van der Waals surface area contributed by atoms with Crippen LogP contribution in [0.4, 0.5) is 0 Å². The number of nitrogens with one attached hydrogen (secondary N) is 1. The second-order valence-corrected chi connectivity index (χ2v) is 7.46. The lowest BCUT2D eigenvalue weighted by Gasteiger charge is -2.33. The summed E-state index contributed by atoms with van der Waals surface area (Å²) >= 11 is 0. The average molecular weight is 377 g/mol. The van der Waals surface area contributed by atoms with Gasteiger partial charge in [0.25, 0.3) is 0 Å². The molecule has 6 heteroatoms. The summed E-state index contributed by atoms with van der Waals surface area (Å²) in [4.78, 5) is 9.57. The topological polar surface area (TPSA) is 49.3 Å². The molecule has 1 unspecified atom stereocenters. The Balaban J connectivity index is 2.19. The van der Waals surface area contributed by atoms with Crippen LogP contribution in [-0.4, -0.2) is 70.3 Å². The Kier molecular flexibility index (Phi) is 8.23. The monoisotopic (exact) mass is 376 g/mol. The number of piperidine rings is 1. The summed E-state index contributed by atoms with van der Waals surface area (Å²) in [6.45, 7) is 8.19. The summed E-state index contributed by atoms with van der Waals surface area (Å²) < 4.78 is 10.8. The van der Waals surface area contributed by atoms with Crippen molar-refractivity contribution in [1.29, 1.82) is 0 Å². The molecular weight excluding hydrogens is 340 g/mol. The summed E-state index contributed by atoms with van der Waals surface area (Å²) in [6, 6.07) is 6.28. The predicted octanol–water partition coefficient (Wildman–Crippen LogP) is 3.00. The van der Waals surface area contributed by atoms with Gasteiger partial charge in [0.2, 0.25) is 0 Å². The molecule has 1 aliphatic heterocycles. The van der Waals surface area contributed by atoms with Gasteiger partial charge in [-0.3, -0.25) is 4.99 Å². The molecule has 0 aliphatic carbocycles. The standard InChI is InChI=1S/C21H36N4O2/c1-7-22-21(25-12-10-16(2)11-13-25)23-15-18(24(3)4)17-8-9-19(26-5)20(14-17)27-6/h8-9,14,16,18H,7,10-13,15H2,1-6H3,(H,22,23). The fourth-order valence-electron chi connectivity index (χ4n) is 3.45. The van der Waals surface area contributed by atoms with Gasteiger partial charge in [0.1, 0.15) is 0 Å². The average Bonchev–Trinajstić information content (AvgIpc) is 2.67. The lowest BCUT2D eigenvalue weighted by atomic mass is 9.99. The molecule has 0 aromatic heterocycles. The first-order chi connectivity index (χ1) is 13.0. The third kappa shape index (κ3) is 5.76. The van der Waals surface area contributed by atoms with Crippen LogP contribution in [0.5, 0.6) is 11.5 Å². The molecule has 0 amide bonds. The van der Waals surface area contributed by atoms with Crippen molar-refractivity contribution in [2.45, 2.75) is 32.7 Å². The molecule has 0 bridgehead atoms. The summed E-state index contributed by atoms with van der Waals surface area (Å²) in [5.41, 5.74) is 1.17. The summed E-state index contributed by atoms with van der Waals surface area (Å²) in [7, 11) is 7.51. The fraction of sp³-hybridized carbons (Fsp3) is 0.667. The van der Waals surface area contributed by atoms with Crippen molar-refractivity contribution >= 4 is 5.96 Å². The molecule has 1 aliphatic rings. The summed E-state index contributed by atoms with van der Waals surface area (Å²) in [5, 5.41) is 3.47. The van der Waals surface area contributed by atoms with Crippen LogP contribution in [0.2, 0.25) is 0 Å². The van der Waals surface area contributed by atoms with Crippen LogP contribution >= 0.6 is 0 Å². The maximum atomic E-state index is 5.48. The van der Waals surface area contributed by atoms with Crippen molar-refractivity contribution in [3.8, 4) is 11.5 Å². The molecule has 1 fully saturated rings. The normalized spacial score (nSPS) is 17.1. The molecule has 6 nitrogen and oxygen atoms in total. The highest BCUT2D eigenvalue weighted by molar-refractivity contribution is 5.80. The highest BCUT2D eigenvalue weighted by Gasteiger charge is 2.20. The van der Waals surface area contributed by atoms with Gasteiger partial charge in [0.15, 0.2) is 17.5 Å². The number of benzene rings is 1.